The lowest BCUT2D eigenvalue weighted by atomic mass is 10.3. The second-order valence-corrected chi connectivity index (χ2v) is 3.19. The molecule has 8 heteroatoms. The minimum absolute atomic E-state index is 0.122. The molecule has 0 aromatic carbocycles. The Hall–Kier alpha value is -1.28. The zero-order valence-electron chi connectivity index (χ0n) is 7.65. The van der Waals surface area contributed by atoms with Crippen molar-refractivity contribution in [1.82, 2.24) is 10.9 Å². The minimum Gasteiger partial charge on any atom is -0.375 e. The van der Waals surface area contributed by atoms with E-state index < -0.39 is 0 Å². The third-order valence-electron chi connectivity index (χ3n) is 1.01. The van der Waals surface area contributed by atoms with Gasteiger partial charge in [-0.15, -0.1) is 0 Å². The van der Waals surface area contributed by atoms with Gasteiger partial charge in [-0.05, 0) is 31.4 Å². The number of thiocarbonyl (C=S) groups is 2. The van der Waals surface area contributed by atoms with Crippen molar-refractivity contribution in [2.24, 2.45) is 21.7 Å². The third kappa shape index (κ3) is 8.81. The van der Waals surface area contributed by atoms with E-state index in [1.807, 2.05) is 0 Å². The van der Waals surface area contributed by atoms with E-state index in [1.54, 1.807) is 13.1 Å². The van der Waals surface area contributed by atoms with Gasteiger partial charge in [0.2, 0.25) is 0 Å². The molecule has 0 saturated carbocycles. The SMILES string of the molecule is C/C(C/C=N\NC(N)=S)=N\NC(N)=S. The number of nitrogens with two attached hydrogens (primary N) is 2. The van der Waals surface area contributed by atoms with Crippen LogP contribution in [-0.2, 0) is 0 Å². The summed E-state index contributed by atoms with van der Waals surface area (Å²) in [6, 6.07) is 0. The number of rotatable bonds is 4. The van der Waals surface area contributed by atoms with Crippen LogP contribution in [0.1, 0.15) is 13.3 Å². The fourth-order valence-electron chi connectivity index (χ4n) is 0.483. The Morgan fingerprint density at radius 2 is 1.86 bits per heavy atom. The van der Waals surface area contributed by atoms with Crippen molar-refractivity contribution in [3.05, 3.63) is 0 Å². The highest BCUT2D eigenvalue weighted by Gasteiger charge is 1.88. The molecule has 0 radical (unpaired) electrons. The van der Waals surface area contributed by atoms with E-state index in [2.05, 4.69) is 45.5 Å². The average Bonchev–Trinajstić information content (AvgIpc) is 2.08. The van der Waals surface area contributed by atoms with Crippen LogP contribution in [0, 0.1) is 0 Å². The molecule has 0 aromatic heterocycles. The van der Waals surface area contributed by atoms with E-state index >= 15 is 0 Å². The van der Waals surface area contributed by atoms with Gasteiger partial charge in [-0.2, -0.15) is 10.2 Å². The number of hydrogen-bond donors (Lipinski definition) is 4. The predicted octanol–water partition coefficient (Wildman–Crippen LogP) is -0.595. The molecule has 6 N–H and O–H groups in total. The highest BCUT2D eigenvalue weighted by Crippen LogP contribution is 1.80. The predicted molar refractivity (Wildman–Crippen MR) is 66.1 cm³/mol. The maximum Gasteiger partial charge on any atom is 0.184 e. The minimum atomic E-state index is 0.122. The lowest BCUT2D eigenvalue weighted by Gasteiger charge is -1.97. The van der Waals surface area contributed by atoms with Gasteiger partial charge in [0.25, 0.3) is 0 Å². The van der Waals surface area contributed by atoms with Crippen molar-refractivity contribution in [2.45, 2.75) is 13.3 Å². The highest BCUT2D eigenvalue weighted by molar-refractivity contribution is 7.80. The Morgan fingerprint density at radius 3 is 2.36 bits per heavy atom. The Bertz CT molecular complexity index is 271. The number of hydrazone groups is 2. The number of hydrogen-bond acceptors (Lipinski definition) is 4. The van der Waals surface area contributed by atoms with Crippen LogP contribution in [0.5, 0.6) is 0 Å². The second kappa shape index (κ2) is 7.15. The summed E-state index contributed by atoms with van der Waals surface area (Å²) in [5.41, 5.74) is 16.0. The van der Waals surface area contributed by atoms with Crippen LogP contribution >= 0.6 is 24.4 Å². The third-order valence-corrected chi connectivity index (χ3v) is 1.19. The zero-order valence-corrected chi connectivity index (χ0v) is 9.28. The lowest BCUT2D eigenvalue weighted by molar-refractivity contribution is 1.01. The standard InChI is InChI=1S/C6H12N6S2/c1-4(10-12-6(8)14)2-3-9-11-5(7)13/h3H,2H2,1H3,(H3,7,11,13)(H3,8,12,14)/b9-3-,10-4+. The van der Waals surface area contributed by atoms with Crippen molar-refractivity contribution in [1.29, 1.82) is 0 Å². The summed E-state index contributed by atoms with van der Waals surface area (Å²) in [5.74, 6) is 0. The zero-order chi connectivity index (χ0) is 11.0. The first-order chi connectivity index (χ1) is 6.52. The summed E-state index contributed by atoms with van der Waals surface area (Å²) in [6.07, 6.45) is 2.13. The van der Waals surface area contributed by atoms with Crippen molar-refractivity contribution in [3.63, 3.8) is 0 Å². The van der Waals surface area contributed by atoms with Crippen molar-refractivity contribution in [3.8, 4) is 0 Å². The first-order valence-electron chi connectivity index (χ1n) is 3.68. The first kappa shape index (κ1) is 12.7. The molecule has 14 heavy (non-hydrogen) atoms. The molecule has 0 spiro atoms. The van der Waals surface area contributed by atoms with Crippen molar-refractivity contribution in [2.75, 3.05) is 0 Å². The summed E-state index contributed by atoms with van der Waals surface area (Å²) in [4.78, 5) is 0. The Kier molecular flexibility index (Phi) is 6.50. The van der Waals surface area contributed by atoms with E-state index in [0.717, 1.165) is 5.71 Å². The largest absolute Gasteiger partial charge is 0.375 e. The van der Waals surface area contributed by atoms with E-state index in [9.17, 15) is 0 Å². The molecule has 0 aliphatic heterocycles. The van der Waals surface area contributed by atoms with Crippen molar-refractivity contribution < 1.29 is 0 Å². The molecular formula is C6H12N6S2. The summed E-state index contributed by atoms with van der Waals surface area (Å²) < 4.78 is 0. The van der Waals surface area contributed by atoms with Crippen LogP contribution < -0.4 is 22.3 Å². The van der Waals surface area contributed by atoms with Gasteiger partial charge in [0.05, 0.1) is 0 Å². The molecule has 0 aliphatic rings. The van der Waals surface area contributed by atoms with Crippen LogP contribution in [0.4, 0.5) is 0 Å². The van der Waals surface area contributed by atoms with E-state index in [0.29, 0.717) is 6.42 Å². The molecule has 0 saturated heterocycles. The molecule has 0 rings (SSSR count). The van der Waals surface area contributed by atoms with Gasteiger partial charge >= 0.3 is 0 Å². The molecule has 0 fully saturated rings. The maximum atomic E-state index is 5.17. The molecule has 0 unspecified atom stereocenters. The maximum absolute atomic E-state index is 5.17. The van der Waals surface area contributed by atoms with Crippen LogP contribution in [0.15, 0.2) is 10.2 Å². The molecule has 6 nitrogen and oxygen atoms in total. The molecule has 0 aromatic rings. The van der Waals surface area contributed by atoms with Crippen LogP contribution in [0.3, 0.4) is 0 Å². The van der Waals surface area contributed by atoms with Gasteiger partial charge in [-0.25, -0.2) is 0 Å². The average molecular weight is 232 g/mol. The summed E-state index contributed by atoms with van der Waals surface area (Å²) in [7, 11) is 0. The van der Waals surface area contributed by atoms with Gasteiger partial charge in [0.15, 0.2) is 10.2 Å². The quantitative estimate of drug-likeness (QED) is 0.293. The summed E-state index contributed by atoms with van der Waals surface area (Å²) >= 11 is 9.10. The van der Waals surface area contributed by atoms with Gasteiger partial charge in [-0.1, -0.05) is 0 Å². The normalized spacial score (nSPS) is 11.4. The topological polar surface area (TPSA) is 101 Å². The van der Waals surface area contributed by atoms with E-state index in [-0.39, 0.29) is 10.2 Å². The summed E-state index contributed by atoms with van der Waals surface area (Å²) in [6.45, 7) is 1.80. The number of nitrogens with zero attached hydrogens (tertiary/aromatic N) is 2. The Balaban J connectivity index is 3.77. The number of nitrogens with one attached hydrogen (secondary N) is 2. The molecule has 0 amide bonds. The van der Waals surface area contributed by atoms with Gasteiger partial charge in [-0.3, -0.25) is 10.9 Å². The van der Waals surface area contributed by atoms with Crippen LogP contribution in [0.2, 0.25) is 0 Å². The molecule has 78 valence electrons. The second-order valence-electron chi connectivity index (χ2n) is 2.31. The van der Waals surface area contributed by atoms with Gasteiger partial charge in [0, 0.05) is 18.3 Å². The molecular weight excluding hydrogens is 220 g/mol. The molecule has 0 atom stereocenters. The molecule has 0 aliphatic carbocycles. The van der Waals surface area contributed by atoms with Gasteiger partial charge < -0.3 is 11.5 Å². The van der Waals surface area contributed by atoms with E-state index in [4.69, 9.17) is 11.5 Å². The van der Waals surface area contributed by atoms with E-state index in [1.165, 1.54) is 0 Å². The molecule has 0 heterocycles. The molecule has 0 bridgehead atoms. The fraction of sp³-hybridized carbons (Fsp3) is 0.333. The lowest BCUT2D eigenvalue weighted by Crippen LogP contribution is -2.25. The summed E-state index contributed by atoms with van der Waals surface area (Å²) in [5, 5.41) is 7.83. The first-order valence-corrected chi connectivity index (χ1v) is 4.49. The fourth-order valence-corrected chi connectivity index (χ4v) is 0.582. The van der Waals surface area contributed by atoms with Gasteiger partial charge in [0.1, 0.15) is 0 Å². The monoisotopic (exact) mass is 232 g/mol. The van der Waals surface area contributed by atoms with Crippen molar-refractivity contribution >= 4 is 46.6 Å². The smallest absolute Gasteiger partial charge is 0.184 e. The van der Waals surface area contributed by atoms with Crippen LogP contribution in [-0.4, -0.2) is 22.2 Å². The Morgan fingerprint density at radius 1 is 1.29 bits per heavy atom. The highest BCUT2D eigenvalue weighted by atomic mass is 32.1. The van der Waals surface area contributed by atoms with Crippen LogP contribution in [0.25, 0.3) is 0 Å². The Labute approximate surface area is 92.8 Å².